The predicted molar refractivity (Wildman–Crippen MR) is 99.2 cm³/mol. The molecule has 142 valence electrons. The zero-order chi connectivity index (χ0) is 19.1. The molecule has 27 heavy (non-hydrogen) atoms. The number of amides is 1. The fourth-order valence-corrected chi connectivity index (χ4v) is 2.60. The summed E-state index contributed by atoms with van der Waals surface area (Å²) >= 11 is 0. The Morgan fingerprint density at radius 3 is 2.44 bits per heavy atom. The molecule has 0 aromatic heterocycles. The van der Waals surface area contributed by atoms with Crippen molar-refractivity contribution < 1.29 is 23.8 Å². The molecule has 0 saturated carbocycles. The lowest BCUT2D eigenvalue weighted by molar-refractivity contribution is -0.147. The number of hydrogen-bond donors (Lipinski definition) is 1. The van der Waals surface area contributed by atoms with Crippen LogP contribution in [0.1, 0.15) is 18.1 Å². The fourth-order valence-electron chi connectivity index (χ4n) is 2.60. The minimum Gasteiger partial charge on any atom is -0.489 e. The van der Waals surface area contributed by atoms with Crippen molar-refractivity contribution in [3.05, 3.63) is 65.7 Å². The number of hydrogen-bond acceptors (Lipinski definition) is 5. The molecular weight excluding hydrogens is 346 g/mol. The summed E-state index contributed by atoms with van der Waals surface area (Å²) < 4.78 is 15.8. The molecule has 2 atom stereocenters. The normalized spacial score (nSPS) is 16.3. The van der Waals surface area contributed by atoms with Gasteiger partial charge in [0, 0.05) is 6.42 Å². The highest BCUT2D eigenvalue weighted by atomic mass is 16.6. The minimum absolute atomic E-state index is 0.261. The van der Waals surface area contributed by atoms with Crippen molar-refractivity contribution in [3.63, 3.8) is 0 Å². The molecule has 2 aromatic rings. The van der Waals surface area contributed by atoms with Gasteiger partial charge in [0.15, 0.2) is 6.10 Å². The van der Waals surface area contributed by atoms with Crippen LogP contribution in [0.5, 0.6) is 5.75 Å². The molecule has 0 bridgehead atoms. The van der Waals surface area contributed by atoms with E-state index in [4.69, 9.17) is 14.2 Å². The van der Waals surface area contributed by atoms with Crippen LogP contribution in [0.25, 0.3) is 0 Å². The van der Waals surface area contributed by atoms with Crippen LogP contribution in [-0.2, 0) is 32.1 Å². The van der Waals surface area contributed by atoms with Crippen molar-refractivity contribution >= 4 is 11.9 Å². The van der Waals surface area contributed by atoms with E-state index < -0.39 is 18.1 Å². The maximum Gasteiger partial charge on any atom is 0.328 e. The summed E-state index contributed by atoms with van der Waals surface area (Å²) in [5.74, 6) is 0.0116. The lowest BCUT2D eigenvalue weighted by atomic mass is 10.1. The topological polar surface area (TPSA) is 77.2 Å². The van der Waals surface area contributed by atoms with Gasteiger partial charge in [0.05, 0.1) is 13.2 Å². The van der Waals surface area contributed by atoms with Crippen LogP contribution in [0.2, 0.25) is 0 Å². The Balaban J connectivity index is 1.58. The first kappa shape index (κ1) is 18.9. The maximum atomic E-state index is 12.1. The average molecular weight is 369 g/mol. The van der Waals surface area contributed by atoms with E-state index in [1.165, 1.54) is 0 Å². The van der Waals surface area contributed by atoms with Gasteiger partial charge in [-0.3, -0.25) is 4.79 Å². The fraction of sp³-hybridized carbons (Fsp3) is 0.333. The third-order valence-corrected chi connectivity index (χ3v) is 4.12. The molecule has 3 rings (SSSR count). The molecule has 1 amide bonds. The molecule has 0 radical (unpaired) electrons. The standard InChI is InChI=1S/C21H23NO5/c1-2-25-21(24)18(22-20(23)19-14-27-19)12-15-8-10-17(11-9-15)26-13-16-6-4-3-5-7-16/h3-11,18-19H,2,12-14H2,1H3,(H,22,23). The van der Waals surface area contributed by atoms with Crippen molar-refractivity contribution in [1.29, 1.82) is 0 Å². The van der Waals surface area contributed by atoms with E-state index in [1.807, 2.05) is 54.6 Å². The highest BCUT2D eigenvalue weighted by Gasteiger charge is 2.34. The van der Waals surface area contributed by atoms with Gasteiger partial charge in [0.25, 0.3) is 5.91 Å². The van der Waals surface area contributed by atoms with Crippen LogP contribution in [0.3, 0.4) is 0 Å². The molecule has 2 aromatic carbocycles. The monoisotopic (exact) mass is 369 g/mol. The number of ether oxygens (including phenoxy) is 3. The lowest BCUT2D eigenvalue weighted by Gasteiger charge is -2.17. The first-order chi connectivity index (χ1) is 13.2. The summed E-state index contributed by atoms with van der Waals surface area (Å²) in [6, 6.07) is 16.6. The SMILES string of the molecule is CCOC(=O)C(Cc1ccc(OCc2ccccc2)cc1)NC(=O)C1CO1. The number of carbonyl (C=O) groups excluding carboxylic acids is 2. The van der Waals surface area contributed by atoms with Gasteiger partial charge in [-0.1, -0.05) is 42.5 Å². The third kappa shape index (κ3) is 5.82. The molecule has 1 aliphatic rings. The molecule has 1 fully saturated rings. The second-order valence-electron chi connectivity index (χ2n) is 6.26. The summed E-state index contributed by atoms with van der Waals surface area (Å²) in [7, 11) is 0. The van der Waals surface area contributed by atoms with Gasteiger partial charge in [0.1, 0.15) is 18.4 Å². The largest absolute Gasteiger partial charge is 0.489 e. The van der Waals surface area contributed by atoms with Gasteiger partial charge in [-0.25, -0.2) is 4.79 Å². The number of esters is 1. The number of epoxide rings is 1. The van der Waals surface area contributed by atoms with Gasteiger partial charge < -0.3 is 19.5 Å². The Morgan fingerprint density at radius 2 is 1.81 bits per heavy atom. The van der Waals surface area contributed by atoms with E-state index >= 15 is 0 Å². The highest BCUT2D eigenvalue weighted by molar-refractivity contribution is 5.88. The third-order valence-electron chi connectivity index (χ3n) is 4.12. The van der Waals surface area contributed by atoms with E-state index in [-0.39, 0.29) is 12.5 Å². The summed E-state index contributed by atoms with van der Waals surface area (Å²) in [6.07, 6.45) is -0.105. The molecular formula is C21H23NO5. The molecule has 1 aliphatic heterocycles. The van der Waals surface area contributed by atoms with Gasteiger partial charge in [0.2, 0.25) is 0 Å². The smallest absolute Gasteiger partial charge is 0.328 e. The average Bonchev–Trinajstić information content (AvgIpc) is 3.53. The predicted octanol–water partition coefficient (Wildman–Crippen LogP) is 2.25. The maximum absolute atomic E-state index is 12.1. The van der Waals surface area contributed by atoms with Crippen molar-refractivity contribution in [3.8, 4) is 5.75 Å². The molecule has 6 nitrogen and oxygen atoms in total. The van der Waals surface area contributed by atoms with E-state index in [9.17, 15) is 9.59 Å². The number of carbonyl (C=O) groups is 2. The summed E-state index contributed by atoms with van der Waals surface area (Å²) in [5.41, 5.74) is 1.99. The molecule has 2 unspecified atom stereocenters. The number of rotatable bonds is 9. The second-order valence-corrected chi connectivity index (χ2v) is 6.26. The first-order valence-corrected chi connectivity index (χ1v) is 9.00. The number of nitrogens with one attached hydrogen (secondary N) is 1. The van der Waals surface area contributed by atoms with Crippen molar-refractivity contribution in [2.75, 3.05) is 13.2 Å². The Kier molecular flexibility index (Phi) is 6.44. The van der Waals surface area contributed by atoms with Gasteiger partial charge in [-0.15, -0.1) is 0 Å². The van der Waals surface area contributed by atoms with Crippen LogP contribution < -0.4 is 10.1 Å². The van der Waals surface area contributed by atoms with Crippen LogP contribution in [0.15, 0.2) is 54.6 Å². The van der Waals surface area contributed by atoms with Crippen molar-refractivity contribution in [2.45, 2.75) is 32.1 Å². The van der Waals surface area contributed by atoms with E-state index in [1.54, 1.807) is 6.92 Å². The Bertz CT molecular complexity index is 756. The number of benzene rings is 2. The minimum atomic E-state index is -0.738. The molecule has 1 heterocycles. The van der Waals surface area contributed by atoms with Gasteiger partial charge >= 0.3 is 5.97 Å². The molecule has 0 aliphatic carbocycles. The van der Waals surface area contributed by atoms with E-state index in [2.05, 4.69) is 5.32 Å². The Labute approximate surface area is 158 Å². The molecule has 6 heteroatoms. The van der Waals surface area contributed by atoms with Crippen LogP contribution in [0.4, 0.5) is 0 Å². The van der Waals surface area contributed by atoms with Crippen LogP contribution in [0, 0.1) is 0 Å². The zero-order valence-corrected chi connectivity index (χ0v) is 15.2. The van der Waals surface area contributed by atoms with Gasteiger partial charge in [-0.05, 0) is 30.2 Å². The molecule has 0 spiro atoms. The van der Waals surface area contributed by atoms with Crippen molar-refractivity contribution in [2.24, 2.45) is 0 Å². The summed E-state index contributed by atoms with van der Waals surface area (Å²) in [5, 5.41) is 2.70. The Hall–Kier alpha value is -2.86. The zero-order valence-electron chi connectivity index (χ0n) is 15.2. The summed E-state index contributed by atoms with van der Waals surface area (Å²) in [6.45, 7) is 2.88. The van der Waals surface area contributed by atoms with E-state index in [0.29, 0.717) is 19.6 Å². The van der Waals surface area contributed by atoms with E-state index in [0.717, 1.165) is 16.9 Å². The van der Waals surface area contributed by atoms with Crippen molar-refractivity contribution in [1.82, 2.24) is 5.32 Å². The van der Waals surface area contributed by atoms with Crippen LogP contribution >= 0.6 is 0 Å². The molecule has 1 saturated heterocycles. The molecule has 1 N–H and O–H groups in total. The second kappa shape index (κ2) is 9.19. The first-order valence-electron chi connectivity index (χ1n) is 9.00. The van der Waals surface area contributed by atoms with Gasteiger partial charge in [-0.2, -0.15) is 0 Å². The quantitative estimate of drug-likeness (QED) is 0.542. The highest BCUT2D eigenvalue weighted by Crippen LogP contribution is 2.16. The summed E-state index contributed by atoms with van der Waals surface area (Å²) in [4.78, 5) is 24.1. The lowest BCUT2D eigenvalue weighted by Crippen LogP contribution is -2.45. The van der Waals surface area contributed by atoms with Crippen LogP contribution in [-0.4, -0.2) is 37.2 Å². The Morgan fingerprint density at radius 1 is 1.11 bits per heavy atom.